The minimum Gasteiger partial charge on any atom is -0.307 e. The van der Waals surface area contributed by atoms with Crippen molar-refractivity contribution in [2.75, 3.05) is 0 Å². The Labute approximate surface area is 275 Å². The predicted molar refractivity (Wildman–Crippen MR) is 192 cm³/mol. The average Bonchev–Trinajstić information content (AvgIpc) is 3.73. The molecule has 0 unspecified atom stereocenters. The second-order valence-corrected chi connectivity index (χ2v) is 13.6. The Morgan fingerprint density at radius 2 is 1.40 bits per heavy atom. The molecule has 2 aromatic heterocycles. The van der Waals surface area contributed by atoms with E-state index in [4.69, 9.17) is 6.57 Å². The Morgan fingerprint density at radius 3 is 2.23 bits per heavy atom. The van der Waals surface area contributed by atoms with Crippen LogP contribution in [0.3, 0.4) is 0 Å². The molecule has 1 aliphatic carbocycles. The number of benzene rings is 6. The van der Waals surface area contributed by atoms with Gasteiger partial charge in [-0.3, -0.25) is 0 Å². The zero-order chi connectivity index (χ0) is 32.0. The second kappa shape index (κ2) is 9.65. The maximum atomic E-state index is 10.6. The van der Waals surface area contributed by atoms with Gasteiger partial charge in [-0.25, -0.2) is 4.85 Å². The quantitative estimate of drug-likeness (QED) is 0.181. The fraction of sp³-hybridized carbons (Fsp3) is 0.0714. The summed E-state index contributed by atoms with van der Waals surface area (Å²) in [7, 11) is 0. The van der Waals surface area contributed by atoms with Gasteiger partial charge in [-0.15, -0.1) is 11.3 Å². The van der Waals surface area contributed by atoms with E-state index in [1.807, 2.05) is 36.4 Å². The molecule has 8 aromatic rings. The molecule has 0 atom stereocenters. The first-order chi connectivity index (χ1) is 22.9. The zero-order valence-electron chi connectivity index (χ0n) is 25.6. The first-order valence-corrected chi connectivity index (χ1v) is 16.2. The predicted octanol–water partition coefficient (Wildman–Crippen LogP) is 11.4. The molecule has 0 saturated heterocycles. The Morgan fingerprint density at radius 1 is 0.660 bits per heavy atom. The Bertz CT molecular complexity index is 2810. The molecular weight excluding hydrogens is 593 g/mol. The van der Waals surface area contributed by atoms with E-state index in [9.17, 15) is 10.5 Å². The van der Waals surface area contributed by atoms with Crippen molar-refractivity contribution in [3.8, 4) is 40.1 Å². The first kappa shape index (κ1) is 27.1. The molecule has 0 radical (unpaired) electrons. The van der Waals surface area contributed by atoms with Crippen molar-refractivity contribution in [3.63, 3.8) is 0 Å². The zero-order valence-corrected chi connectivity index (χ0v) is 26.4. The molecule has 0 spiro atoms. The third-order valence-electron chi connectivity index (χ3n) is 9.87. The van der Waals surface area contributed by atoms with Crippen LogP contribution in [0.4, 0.5) is 5.69 Å². The third kappa shape index (κ3) is 3.60. The number of rotatable bonds is 2. The third-order valence-corrected chi connectivity index (χ3v) is 11.1. The van der Waals surface area contributed by atoms with Gasteiger partial charge in [0.05, 0.1) is 40.5 Å². The number of para-hydroxylation sites is 1. The molecule has 0 N–H and O–H groups in total. The monoisotopic (exact) mass is 616 g/mol. The number of fused-ring (bicyclic) bond motifs is 10. The summed E-state index contributed by atoms with van der Waals surface area (Å²) in [5.74, 6) is 0. The molecule has 0 saturated carbocycles. The molecule has 1 aliphatic rings. The van der Waals surface area contributed by atoms with Crippen molar-refractivity contribution >= 4 is 59.0 Å². The molecule has 2 heterocycles. The molecule has 218 valence electrons. The van der Waals surface area contributed by atoms with Crippen molar-refractivity contribution in [2.45, 2.75) is 19.3 Å². The second-order valence-electron chi connectivity index (χ2n) is 12.6. The summed E-state index contributed by atoms with van der Waals surface area (Å²) < 4.78 is 4.51. The van der Waals surface area contributed by atoms with Gasteiger partial charge in [0.2, 0.25) is 0 Å². The van der Waals surface area contributed by atoms with E-state index in [-0.39, 0.29) is 5.41 Å². The molecule has 0 bridgehead atoms. The highest BCUT2D eigenvalue weighted by Gasteiger charge is 2.37. The van der Waals surface area contributed by atoms with Gasteiger partial charge in [-0.1, -0.05) is 86.6 Å². The lowest BCUT2D eigenvalue weighted by atomic mass is 9.82. The van der Waals surface area contributed by atoms with E-state index in [1.165, 1.54) is 32.3 Å². The number of nitriles is 2. The number of hydrogen-bond acceptors (Lipinski definition) is 3. The lowest BCUT2D eigenvalue weighted by molar-refractivity contribution is 0.661. The molecule has 5 heteroatoms. The summed E-state index contributed by atoms with van der Waals surface area (Å²) in [4.78, 5) is 3.80. The molecule has 6 aromatic carbocycles. The summed E-state index contributed by atoms with van der Waals surface area (Å²) in [6, 6.07) is 41.8. The van der Waals surface area contributed by atoms with Crippen LogP contribution in [0.2, 0.25) is 0 Å². The van der Waals surface area contributed by atoms with E-state index >= 15 is 0 Å². The highest BCUT2D eigenvalue weighted by atomic mass is 32.1. The van der Waals surface area contributed by atoms with E-state index in [1.54, 1.807) is 17.4 Å². The fourth-order valence-corrected chi connectivity index (χ4v) is 9.14. The van der Waals surface area contributed by atoms with Gasteiger partial charge in [0.15, 0.2) is 5.69 Å². The minimum absolute atomic E-state index is 0.0973. The molecule has 9 rings (SSSR count). The van der Waals surface area contributed by atoms with E-state index in [0.29, 0.717) is 16.8 Å². The van der Waals surface area contributed by atoms with Crippen LogP contribution in [0.5, 0.6) is 0 Å². The minimum atomic E-state index is -0.0973. The van der Waals surface area contributed by atoms with Gasteiger partial charge in [0.1, 0.15) is 6.07 Å². The highest BCUT2D eigenvalue weighted by molar-refractivity contribution is 7.27. The lowest BCUT2D eigenvalue weighted by Crippen LogP contribution is -2.14. The summed E-state index contributed by atoms with van der Waals surface area (Å²) in [6.45, 7) is 12.6. The molecule has 4 nitrogen and oxygen atoms in total. The Hall–Kier alpha value is -6.19. The van der Waals surface area contributed by atoms with Gasteiger partial charge >= 0.3 is 0 Å². The van der Waals surface area contributed by atoms with Crippen molar-refractivity contribution in [1.82, 2.24) is 4.57 Å². The van der Waals surface area contributed by atoms with Gasteiger partial charge in [-0.2, -0.15) is 10.5 Å². The van der Waals surface area contributed by atoms with Crippen LogP contribution < -0.4 is 0 Å². The van der Waals surface area contributed by atoms with Crippen LogP contribution >= 0.6 is 11.3 Å². The first-order valence-electron chi connectivity index (χ1n) is 15.4. The van der Waals surface area contributed by atoms with E-state index in [2.05, 4.69) is 102 Å². The standard InChI is InChI=1S/C42H24N4S/c1-42(2)34-13-6-4-10-31(34)38-35(42)17-16-30-28-11-8-12-29(40(28)47-41(30)38)33-21-26(45-3)20-25(23-44)39(33)46-36-14-7-5-9-27(36)32-19-24(22-43)15-18-37(32)46/h4-21H,1-2H3. The molecule has 47 heavy (non-hydrogen) atoms. The number of hydrogen-bond donors (Lipinski definition) is 0. The van der Waals surface area contributed by atoms with Crippen molar-refractivity contribution < 1.29 is 0 Å². The Kier molecular flexibility index (Phi) is 5.58. The summed E-state index contributed by atoms with van der Waals surface area (Å²) in [5.41, 5.74) is 11.0. The van der Waals surface area contributed by atoms with Gasteiger partial charge in [-0.05, 0) is 58.7 Å². The number of thiophene rings is 1. The van der Waals surface area contributed by atoms with Crippen molar-refractivity contribution in [2.24, 2.45) is 0 Å². The van der Waals surface area contributed by atoms with Crippen LogP contribution in [0.15, 0.2) is 109 Å². The molecule has 0 fully saturated rings. The average molecular weight is 617 g/mol. The van der Waals surface area contributed by atoms with Crippen LogP contribution in [-0.2, 0) is 5.41 Å². The van der Waals surface area contributed by atoms with Crippen LogP contribution in [0, 0.1) is 29.2 Å². The fourth-order valence-electron chi connectivity index (χ4n) is 7.75. The van der Waals surface area contributed by atoms with Gasteiger partial charge in [0, 0.05) is 47.5 Å². The number of aromatic nitrogens is 1. The SMILES string of the molecule is [C-]#[N+]c1cc(C#N)c(-n2c3ccccc3c3cc(C#N)ccc32)c(-c2cccc3c2sc2c4c(ccc23)C(C)(C)c2ccccc2-4)c1. The number of nitrogens with zero attached hydrogens (tertiary/aromatic N) is 4. The van der Waals surface area contributed by atoms with E-state index in [0.717, 1.165) is 48.7 Å². The smallest absolute Gasteiger partial charge is 0.189 e. The summed E-state index contributed by atoms with van der Waals surface area (Å²) >= 11 is 1.79. The lowest BCUT2D eigenvalue weighted by Gasteiger charge is -2.21. The van der Waals surface area contributed by atoms with E-state index < -0.39 is 0 Å². The van der Waals surface area contributed by atoms with Crippen molar-refractivity contribution in [3.05, 3.63) is 143 Å². The molecule has 0 aliphatic heterocycles. The summed E-state index contributed by atoms with van der Waals surface area (Å²) in [5, 5.41) is 24.6. The van der Waals surface area contributed by atoms with Gasteiger partial charge < -0.3 is 4.57 Å². The summed E-state index contributed by atoms with van der Waals surface area (Å²) in [6.07, 6.45) is 0. The topological polar surface area (TPSA) is 56.9 Å². The normalized spacial score (nSPS) is 13.0. The van der Waals surface area contributed by atoms with Gasteiger partial charge in [0.25, 0.3) is 0 Å². The van der Waals surface area contributed by atoms with Crippen LogP contribution in [0.1, 0.15) is 36.1 Å². The van der Waals surface area contributed by atoms with Crippen molar-refractivity contribution in [1.29, 1.82) is 10.5 Å². The van der Waals surface area contributed by atoms with Crippen LogP contribution in [-0.4, -0.2) is 4.57 Å². The maximum absolute atomic E-state index is 10.6. The molecule has 0 amide bonds. The largest absolute Gasteiger partial charge is 0.307 e. The Balaban J connectivity index is 1.41. The maximum Gasteiger partial charge on any atom is 0.189 e. The highest BCUT2D eigenvalue weighted by Crippen LogP contribution is 2.55. The van der Waals surface area contributed by atoms with Crippen LogP contribution in [0.25, 0.3) is 74.8 Å². The molecular formula is C42H24N4S.